The van der Waals surface area contributed by atoms with Crippen molar-refractivity contribution in [3.05, 3.63) is 54.4 Å². The number of nitriles is 1. The zero-order chi connectivity index (χ0) is 19.7. The molecule has 1 aliphatic rings. The standard InChI is InChI=1S/C19H17F2N7/c1-27-12-25-26-18(27)19(21)5-8-28(9-6-19)17-14(4-7-23-15(17)10-22)13-2-3-16(20)24-11-13/h2-4,7,11-12H,5-6,8-9H2,1H3. The van der Waals surface area contributed by atoms with Gasteiger partial charge in [0.2, 0.25) is 5.95 Å². The molecule has 0 radical (unpaired) electrons. The first-order chi connectivity index (χ1) is 13.5. The zero-order valence-corrected chi connectivity index (χ0v) is 15.2. The Labute approximate surface area is 160 Å². The summed E-state index contributed by atoms with van der Waals surface area (Å²) in [5, 5.41) is 17.2. The summed E-state index contributed by atoms with van der Waals surface area (Å²) in [6.07, 6.45) is 4.85. The van der Waals surface area contributed by atoms with Crippen LogP contribution in [0.1, 0.15) is 24.4 Å². The average molecular weight is 381 g/mol. The van der Waals surface area contributed by atoms with E-state index in [0.29, 0.717) is 35.7 Å². The van der Waals surface area contributed by atoms with Gasteiger partial charge in [-0.2, -0.15) is 9.65 Å². The van der Waals surface area contributed by atoms with Gasteiger partial charge in [0.15, 0.2) is 17.2 Å². The number of alkyl halides is 1. The third kappa shape index (κ3) is 3.07. The SMILES string of the molecule is Cn1cnnc1C1(F)CCN(c2c(-c3ccc(F)nc3)ccnc2C#N)CC1. The molecular weight excluding hydrogens is 364 g/mol. The summed E-state index contributed by atoms with van der Waals surface area (Å²) in [5.74, 6) is -0.273. The lowest BCUT2D eigenvalue weighted by Crippen LogP contribution is -2.42. The lowest BCUT2D eigenvalue weighted by atomic mass is 9.91. The second-order valence-corrected chi connectivity index (χ2v) is 6.75. The van der Waals surface area contributed by atoms with Crippen molar-refractivity contribution >= 4 is 5.69 Å². The van der Waals surface area contributed by atoms with Crippen molar-refractivity contribution in [1.29, 1.82) is 5.26 Å². The topological polar surface area (TPSA) is 83.5 Å². The van der Waals surface area contributed by atoms with Crippen LogP contribution in [-0.2, 0) is 12.7 Å². The van der Waals surface area contributed by atoms with Gasteiger partial charge in [0.1, 0.15) is 12.4 Å². The van der Waals surface area contributed by atoms with Gasteiger partial charge in [0.05, 0.1) is 5.69 Å². The molecule has 0 aliphatic carbocycles. The molecule has 4 heterocycles. The maximum absolute atomic E-state index is 15.5. The molecule has 28 heavy (non-hydrogen) atoms. The van der Waals surface area contributed by atoms with Crippen molar-refractivity contribution in [3.8, 4) is 17.2 Å². The van der Waals surface area contributed by atoms with E-state index in [0.717, 1.165) is 0 Å². The monoisotopic (exact) mass is 381 g/mol. The van der Waals surface area contributed by atoms with Crippen molar-refractivity contribution < 1.29 is 8.78 Å². The first-order valence-corrected chi connectivity index (χ1v) is 8.81. The van der Waals surface area contributed by atoms with Crippen LogP contribution in [0, 0.1) is 17.3 Å². The summed E-state index contributed by atoms with van der Waals surface area (Å²) < 4.78 is 30.3. The number of halogens is 2. The lowest BCUT2D eigenvalue weighted by molar-refractivity contribution is 0.109. The summed E-state index contributed by atoms with van der Waals surface area (Å²) in [5.41, 5.74) is 0.656. The molecule has 0 aromatic carbocycles. The van der Waals surface area contributed by atoms with E-state index in [-0.39, 0.29) is 18.5 Å². The Kier molecular flexibility index (Phi) is 4.47. The zero-order valence-electron chi connectivity index (χ0n) is 15.2. The number of aryl methyl sites for hydroxylation is 1. The highest BCUT2D eigenvalue weighted by molar-refractivity contribution is 5.81. The molecule has 7 nitrogen and oxygen atoms in total. The second kappa shape index (κ2) is 6.96. The van der Waals surface area contributed by atoms with Gasteiger partial charge in [-0.1, -0.05) is 0 Å². The lowest BCUT2D eigenvalue weighted by Gasteiger charge is -2.37. The maximum Gasteiger partial charge on any atom is 0.212 e. The van der Waals surface area contributed by atoms with Crippen LogP contribution >= 0.6 is 0 Å². The van der Waals surface area contributed by atoms with Crippen LogP contribution in [0.25, 0.3) is 11.1 Å². The highest BCUT2D eigenvalue weighted by Crippen LogP contribution is 2.40. The molecule has 0 saturated carbocycles. The van der Waals surface area contributed by atoms with Gasteiger partial charge in [-0.3, -0.25) is 0 Å². The summed E-state index contributed by atoms with van der Waals surface area (Å²) >= 11 is 0. The number of rotatable bonds is 3. The predicted octanol–water partition coefficient (Wildman–Crippen LogP) is 2.75. The van der Waals surface area contributed by atoms with Gasteiger partial charge < -0.3 is 9.47 Å². The van der Waals surface area contributed by atoms with Gasteiger partial charge in [-0.05, 0) is 18.2 Å². The third-order valence-electron chi connectivity index (χ3n) is 5.05. The number of pyridine rings is 2. The van der Waals surface area contributed by atoms with E-state index in [1.54, 1.807) is 23.7 Å². The van der Waals surface area contributed by atoms with E-state index in [1.165, 1.54) is 24.8 Å². The molecule has 3 aromatic heterocycles. The van der Waals surface area contributed by atoms with E-state index in [1.807, 2.05) is 4.90 Å². The summed E-state index contributed by atoms with van der Waals surface area (Å²) in [7, 11) is 1.72. The number of nitrogens with zero attached hydrogens (tertiary/aromatic N) is 7. The molecule has 1 fully saturated rings. The highest BCUT2D eigenvalue weighted by Gasteiger charge is 2.41. The van der Waals surface area contributed by atoms with Crippen molar-refractivity contribution in [2.75, 3.05) is 18.0 Å². The van der Waals surface area contributed by atoms with Gasteiger partial charge >= 0.3 is 0 Å². The number of anilines is 1. The molecule has 0 unspecified atom stereocenters. The second-order valence-electron chi connectivity index (χ2n) is 6.75. The summed E-state index contributed by atoms with van der Waals surface area (Å²) in [6, 6.07) is 6.73. The van der Waals surface area contributed by atoms with Gasteiger partial charge in [0, 0.05) is 56.5 Å². The van der Waals surface area contributed by atoms with Crippen LogP contribution in [0.4, 0.5) is 14.5 Å². The third-order valence-corrected chi connectivity index (χ3v) is 5.05. The van der Waals surface area contributed by atoms with Gasteiger partial charge in [0.25, 0.3) is 0 Å². The number of hydrogen-bond acceptors (Lipinski definition) is 6. The van der Waals surface area contributed by atoms with Crippen LogP contribution in [0.2, 0.25) is 0 Å². The molecule has 142 valence electrons. The normalized spacial score (nSPS) is 16.0. The number of piperidine rings is 1. The minimum absolute atomic E-state index is 0.209. The van der Waals surface area contributed by atoms with E-state index < -0.39 is 11.6 Å². The fourth-order valence-corrected chi connectivity index (χ4v) is 3.62. The molecular formula is C19H17F2N7. The molecule has 3 aromatic rings. The molecule has 0 spiro atoms. The van der Waals surface area contributed by atoms with Crippen LogP contribution in [0.5, 0.6) is 0 Å². The van der Waals surface area contributed by atoms with Gasteiger partial charge in [-0.25, -0.2) is 14.4 Å². The van der Waals surface area contributed by atoms with Gasteiger partial charge in [-0.15, -0.1) is 10.2 Å². The molecule has 0 N–H and O–H groups in total. The van der Waals surface area contributed by atoms with Crippen molar-refractivity contribution in [2.45, 2.75) is 18.5 Å². The van der Waals surface area contributed by atoms with Crippen molar-refractivity contribution in [1.82, 2.24) is 24.7 Å². The minimum Gasteiger partial charge on any atom is -0.368 e. The average Bonchev–Trinajstić information content (AvgIpc) is 3.15. The van der Waals surface area contributed by atoms with Crippen molar-refractivity contribution in [2.24, 2.45) is 7.05 Å². The smallest absolute Gasteiger partial charge is 0.212 e. The van der Waals surface area contributed by atoms with E-state index in [9.17, 15) is 9.65 Å². The highest BCUT2D eigenvalue weighted by atomic mass is 19.1. The number of hydrogen-bond donors (Lipinski definition) is 0. The van der Waals surface area contributed by atoms with Crippen molar-refractivity contribution in [3.63, 3.8) is 0 Å². The molecule has 0 atom stereocenters. The molecule has 4 rings (SSSR count). The maximum atomic E-state index is 15.5. The minimum atomic E-state index is -1.58. The first-order valence-electron chi connectivity index (χ1n) is 8.81. The van der Waals surface area contributed by atoms with Crippen LogP contribution in [-0.4, -0.2) is 37.8 Å². The van der Waals surface area contributed by atoms with E-state index >= 15 is 4.39 Å². The molecule has 0 amide bonds. The Morgan fingerprint density at radius 2 is 1.96 bits per heavy atom. The summed E-state index contributed by atoms with van der Waals surface area (Å²) in [4.78, 5) is 9.80. The van der Waals surface area contributed by atoms with Crippen LogP contribution in [0.3, 0.4) is 0 Å². The molecule has 9 heteroatoms. The number of aromatic nitrogens is 5. The Hall–Kier alpha value is -3.41. The quantitative estimate of drug-likeness (QED) is 0.649. The van der Waals surface area contributed by atoms with Crippen LogP contribution in [0.15, 0.2) is 36.9 Å². The van der Waals surface area contributed by atoms with E-state index in [4.69, 9.17) is 0 Å². The molecule has 1 aliphatic heterocycles. The van der Waals surface area contributed by atoms with Crippen LogP contribution < -0.4 is 4.90 Å². The van der Waals surface area contributed by atoms with E-state index in [2.05, 4.69) is 26.2 Å². The molecule has 1 saturated heterocycles. The molecule has 0 bridgehead atoms. The predicted molar refractivity (Wildman–Crippen MR) is 97.4 cm³/mol. The Morgan fingerprint density at radius 3 is 2.57 bits per heavy atom. The Morgan fingerprint density at radius 1 is 1.18 bits per heavy atom. The fourth-order valence-electron chi connectivity index (χ4n) is 3.62. The Balaban J connectivity index is 1.68. The Bertz CT molecular complexity index is 1030. The fraction of sp³-hybridized carbons (Fsp3) is 0.316. The summed E-state index contributed by atoms with van der Waals surface area (Å²) in [6.45, 7) is 0.761. The largest absolute Gasteiger partial charge is 0.368 e. The first kappa shape index (κ1) is 18.0.